The smallest absolute Gasteiger partial charge is 0.113 e. The highest BCUT2D eigenvalue weighted by molar-refractivity contribution is 5.74. The minimum atomic E-state index is 0.582. The van der Waals surface area contributed by atoms with Crippen LogP contribution in [0.4, 0.5) is 0 Å². The first-order valence-electron chi connectivity index (χ1n) is 6.46. The van der Waals surface area contributed by atoms with E-state index in [0.29, 0.717) is 6.04 Å². The summed E-state index contributed by atoms with van der Waals surface area (Å²) in [6.07, 6.45) is 0. The molecule has 1 saturated heterocycles. The monoisotopic (exact) mass is 245 g/mol. The third-order valence-electron chi connectivity index (χ3n) is 3.53. The molecule has 2 heterocycles. The van der Waals surface area contributed by atoms with Crippen molar-refractivity contribution in [3.05, 3.63) is 23.8 Å². The quantitative estimate of drug-likeness (QED) is 0.848. The number of fused-ring (bicyclic) bond motifs is 1. The van der Waals surface area contributed by atoms with Crippen molar-refractivity contribution in [3.8, 4) is 0 Å². The Kier molecular flexibility index (Phi) is 3.01. The van der Waals surface area contributed by atoms with Gasteiger partial charge in [-0.3, -0.25) is 4.90 Å². The van der Waals surface area contributed by atoms with E-state index in [2.05, 4.69) is 45.7 Å². The number of rotatable bonds is 2. The van der Waals surface area contributed by atoms with Crippen molar-refractivity contribution in [1.29, 1.82) is 0 Å². The minimum absolute atomic E-state index is 0.582. The second kappa shape index (κ2) is 4.66. The molecule has 0 bridgehead atoms. The van der Waals surface area contributed by atoms with E-state index in [1.54, 1.807) is 0 Å². The molecule has 5 heteroatoms. The van der Waals surface area contributed by atoms with Crippen molar-refractivity contribution < 1.29 is 0 Å². The standard InChI is InChI=1S/C13H19N5/c1-10-8-18(6-5-14-10)9-11-3-4-13-12(7-11)15-16-17(13)2/h3-4,7,10,14H,5-6,8-9H2,1-2H3/t10-/m0/s1. The zero-order valence-corrected chi connectivity index (χ0v) is 10.9. The Morgan fingerprint density at radius 1 is 1.44 bits per heavy atom. The predicted molar refractivity (Wildman–Crippen MR) is 71.3 cm³/mol. The van der Waals surface area contributed by atoms with Crippen LogP contribution < -0.4 is 5.32 Å². The molecule has 0 radical (unpaired) electrons. The van der Waals surface area contributed by atoms with Crippen LogP contribution in [0.1, 0.15) is 12.5 Å². The highest BCUT2D eigenvalue weighted by atomic mass is 15.4. The molecule has 0 unspecified atom stereocenters. The lowest BCUT2D eigenvalue weighted by Crippen LogP contribution is -2.48. The molecule has 1 fully saturated rings. The number of hydrogen-bond donors (Lipinski definition) is 1. The van der Waals surface area contributed by atoms with Gasteiger partial charge in [0.2, 0.25) is 0 Å². The molecule has 1 aromatic heterocycles. The number of nitrogens with zero attached hydrogens (tertiary/aromatic N) is 4. The highest BCUT2D eigenvalue weighted by Gasteiger charge is 2.15. The Hall–Kier alpha value is -1.46. The summed E-state index contributed by atoms with van der Waals surface area (Å²) in [7, 11) is 1.92. The molecule has 3 rings (SSSR count). The molecule has 1 N–H and O–H groups in total. The summed E-state index contributed by atoms with van der Waals surface area (Å²) in [5.74, 6) is 0. The van der Waals surface area contributed by atoms with E-state index in [0.717, 1.165) is 37.2 Å². The summed E-state index contributed by atoms with van der Waals surface area (Å²) >= 11 is 0. The van der Waals surface area contributed by atoms with E-state index in [1.165, 1.54) is 5.56 Å². The van der Waals surface area contributed by atoms with Gasteiger partial charge in [-0.25, -0.2) is 4.68 Å². The van der Waals surface area contributed by atoms with Crippen LogP contribution >= 0.6 is 0 Å². The van der Waals surface area contributed by atoms with E-state index in [-0.39, 0.29) is 0 Å². The first kappa shape index (κ1) is 11.6. The van der Waals surface area contributed by atoms with Crippen LogP contribution in [0.2, 0.25) is 0 Å². The Morgan fingerprint density at radius 3 is 3.17 bits per heavy atom. The maximum atomic E-state index is 4.17. The normalized spacial score (nSPS) is 21.6. The number of benzene rings is 1. The summed E-state index contributed by atoms with van der Waals surface area (Å²) in [6, 6.07) is 7.02. The zero-order valence-electron chi connectivity index (χ0n) is 10.9. The maximum Gasteiger partial charge on any atom is 0.113 e. The van der Waals surface area contributed by atoms with E-state index >= 15 is 0 Å². The van der Waals surface area contributed by atoms with E-state index in [9.17, 15) is 0 Å². The number of nitrogens with one attached hydrogen (secondary N) is 1. The molecule has 0 spiro atoms. The molecule has 5 nitrogen and oxygen atoms in total. The summed E-state index contributed by atoms with van der Waals surface area (Å²) in [4.78, 5) is 2.48. The first-order chi connectivity index (χ1) is 8.72. The van der Waals surface area contributed by atoms with Crippen LogP contribution in [0.3, 0.4) is 0 Å². The Labute approximate surface area is 107 Å². The lowest BCUT2D eigenvalue weighted by atomic mass is 10.1. The zero-order chi connectivity index (χ0) is 12.5. The molecule has 1 aromatic carbocycles. The van der Waals surface area contributed by atoms with Crippen molar-refractivity contribution in [1.82, 2.24) is 25.2 Å². The number of aryl methyl sites for hydroxylation is 1. The second-order valence-corrected chi connectivity index (χ2v) is 5.13. The molecular formula is C13H19N5. The maximum absolute atomic E-state index is 4.17. The fraction of sp³-hybridized carbons (Fsp3) is 0.538. The highest BCUT2D eigenvalue weighted by Crippen LogP contribution is 2.14. The van der Waals surface area contributed by atoms with Gasteiger partial charge in [0, 0.05) is 39.3 Å². The summed E-state index contributed by atoms with van der Waals surface area (Å²) in [5, 5.41) is 11.7. The number of hydrogen-bond acceptors (Lipinski definition) is 4. The fourth-order valence-electron chi connectivity index (χ4n) is 2.60. The van der Waals surface area contributed by atoms with E-state index in [4.69, 9.17) is 0 Å². The van der Waals surface area contributed by atoms with Crippen LogP contribution in [0, 0.1) is 0 Å². The van der Waals surface area contributed by atoms with Gasteiger partial charge in [-0.2, -0.15) is 0 Å². The Bertz CT molecular complexity index is 547. The van der Waals surface area contributed by atoms with E-state index in [1.807, 2.05) is 11.7 Å². The molecule has 1 aliphatic heterocycles. The summed E-state index contributed by atoms with van der Waals surface area (Å²) in [5.41, 5.74) is 3.39. The number of piperazine rings is 1. The predicted octanol–water partition coefficient (Wildman–Crippen LogP) is 0.762. The summed E-state index contributed by atoms with van der Waals surface area (Å²) < 4.78 is 1.81. The molecule has 1 aliphatic rings. The Balaban J connectivity index is 1.78. The van der Waals surface area contributed by atoms with Gasteiger partial charge in [-0.05, 0) is 24.6 Å². The van der Waals surface area contributed by atoms with Crippen molar-refractivity contribution in [3.63, 3.8) is 0 Å². The van der Waals surface area contributed by atoms with Gasteiger partial charge in [-0.1, -0.05) is 11.3 Å². The van der Waals surface area contributed by atoms with Gasteiger partial charge >= 0.3 is 0 Å². The van der Waals surface area contributed by atoms with Gasteiger partial charge in [0.25, 0.3) is 0 Å². The SMILES string of the molecule is C[C@H]1CN(Cc2ccc3c(c2)nnn3C)CCN1. The molecular weight excluding hydrogens is 226 g/mol. The third kappa shape index (κ3) is 2.23. The number of aromatic nitrogens is 3. The molecule has 2 aromatic rings. The fourth-order valence-corrected chi connectivity index (χ4v) is 2.60. The van der Waals surface area contributed by atoms with Crippen LogP contribution in [-0.4, -0.2) is 45.6 Å². The lowest BCUT2D eigenvalue weighted by molar-refractivity contribution is 0.200. The lowest BCUT2D eigenvalue weighted by Gasteiger charge is -2.31. The molecule has 0 saturated carbocycles. The molecule has 1 atom stereocenters. The van der Waals surface area contributed by atoms with E-state index < -0.39 is 0 Å². The van der Waals surface area contributed by atoms with Gasteiger partial charge in [0.15, 0.2) is 0 Å². The van der Waals surface area contributed by atoms with Gasteiger partial charge in [0.05, 0.1) is 5.52 Å². The molecule has 0 aliphatic carbocycles. The average molecular weight is 245 g/mol. The average Bonchev–Trinajstić information content (AvgIpc) is 2.71. The van der Waals surface area contributed by atoms with Crippen molar-refractivity contribution in [2.24, 2.45) is 7.05 Å². The molecule has 96 valence electrons. The van der Waals surface area contributed by atoms with Gasteiger partial charge in [-0.15, -0.1) is 5.10 Å². The third-order valence-corrected chi connectivity index (χ3v) is 3.53. The van der Waals surface area contributed by atoms with Crippen molar-refractivity contribution in [2.75, 3.05) is 19.6 Å². The summed E-state index contributed by atoms with van der Waals surface area (Å²) in [6.45, 7) is 6.53. The van der Waals surface area contributed by atoms with Crippen LogP contribution in [0.25, 0.3) is 11.0 Å². The Morgan fingerprint density at radius 2 is 2.33 bits per heavy atom. The molecule has 0 amide bonds. The van der Waals surface area contributed by atoms with Crippen LogP contribution in [-0.2, 0) is 13.6 Å². The van der Waals surface area contributed by atoms with Gasteiger partial charge in [0.1, 0.15) is 5.52 Å². The minimum Gasteiger partial charge on any atom is -0.312 e. The van der Waals surface area contributed by atoms with Crippen molar-refractivity contribution in [2.45, 2.75) is 19.5 Å². The van der Waals surface area contributed by atoms with Crippen LogP contribution in [0.5, 0.6) is 0 Å². The van der Waals surface area contributed by atoms with Gasteiger partial charge < -0.3 is 5.32 Å². The second-order valence-electron chi connectivity index (χ2n) is 5.13. The molecule has 18 heavy (non-hydrogen) atoms. The van der Waals surface area contributed by atoms with Crippen molar-refractivity contribution >= 4 is 11.0 Å². The first-order valence-corrected chi connectivity index (χ1v) is 6.46. The topological polar surface area (TPSA) is 46.0 Å². The largest absolute Gasteiger partial charge is 0.312 e. The van der Waals surface area contributed by atoms with Crippen LogP contribution in [0.15, 0.2) is 18.2 Å².